The minimum Gasteiger partial charge on any atom is -0.503 e. The zero-order valence-electron chi connectivity index (χ0n) is 13.2. The summed E-state index contributed by atoms with van der Waals surface area (Å²) in [6.45, 7) is 2.24. The van der Waals surface area contributed by atoms with E-state index in [4.69, 9.17) is 16.3 Å². The van der Waals surface area contributed by atoms with Gasteiger partial charge in [0.05, 0.1) is 27.0 Å². The molecule has 0 spiro atoms. The topological polar surface area (TPSA) is 75.2 Å². The van der Waals surface area contributed by atoms with Crippen LogP contribution >= 0.6 is 27.5 Å². The molecule has 3 aromatic rings. The smallest absolute Gasteiger partial charge is 0.259 e. The number of aromatic amines is 1. The van der Waals surface area contributed by atoms with Crippen molar-refractivity contribution in [2.45, 2.75) is 6.92 Å². The Labute approximate surface area is 157 Å². The predicted octanol–water partition coefficient (Wildman–Crippen LogP) is 4.53. The normalized spacial score (nSPS) is 11.7. The summed E-state index contributed by atoms with van der Waals surface area (Å²) in [7, 11) is 0. The molecule has 25 heavy (non-hydrogen) atoms. The highest BCUT2D eigenvalue weighted by molar-refractivity contribution is 9.10. The molecule has 0 radical (unpaired) electrons. The number of phenols is 1. The van der Waals surface area contributed by atoms with Crippen molar-refractivity contribution in [1.82, 2.24) is 9.97 Å². The average Bonchev–Trinajstić information content (AvgIpc) is 2.59. The maximum absolute atomic E-state index is 12.2. The molecule has 0 bridgehead atoms. The van der Waals surface area contributed by atoms with Crippen molar-refractivity contribution in [2.24, 2.45) is 0 Å². The van der Waals surface area contributed by atoms with Gasteiger partial charge >= 0.3 is 0 Å². The minimum atomic E-state index is -0.256. The van der Waals surface area contributed by atoms with E-state index in [1.807, 2.05) is 13.0 Å². The van der Waals surface area contributed by atoms with Crippen LogP contribution in [0.25, 0.3) is 22.0 Å². The number of hydrogen-bond donors (Lipinski definition) is 2. The molecular weight excluding hydrogens is 408 g/mol. The third-order valence-corrected chi connectivity index (χ3v) is 4.38. The summed E-state index contributed by atoms with van der Waals surface area (Å²) < 4.78 is 5.88. The van der Waals surface area contributed by atoms with Gasteiger partial charge in [0, 0.05) is 0 Å². The molecule has 1 heterocycles. The van der Waals surface area contributed by atoms with Gasteiger partial charge in [-0.25, -0.2) is 4.98 Å². The number of nitrogens with one attached hydrogen (secondary N) is 1. The fraction of sp³-hybridized carbons (Fsp3) is 0.111. The van der Waals surface area contributed by atoms with Gasteiger partial charge in [0.2, 0.25) is 0 Å². The molecule has 0 aliphatic rings. The zero-order chi connectivity index (χ0) is 18.0. The minimum absolute atomic E-state index is 0.0207. The second kappa shape index (κ2) is 7.29. The first-order valence-corrected chi connectivity index (χ1v) is 8.68. The largest absolute Gasteiger partial charge is 0.503 e. The van der Waals surface area contributed by atoms with E-state index < -0.39 is 0 Å². The van der Waals surface area contributed by atoms with Crippen molar-refractivity contribution >= 4 is 49.5 Å². The van der Waals surface area contributed by atoms with Crippen LogP contribution in [0.3, 0.4) is 0 Å². The fourth-order valence-corrected chi connectivity index (χ4v) is 3.03. The first kappa shape index (κ1) is 17.5. The summed E-state index contributed by atoms with van der Waals surface area (Å²) >= 11 is 9.63. The first-order chi connectivity index (χ1) is 12.0. The van der Waals surface area contributed by atoms with Crippen molar-refractivity contribution < 1.29 is 9.84 Å². The van der Waals surface area contributed by atoms with E-state index in [9.17, 15) is 9.90 Å². The van der Waals surface area contributed by atoms with E-state index in [0.29, 0.717) is 33.3 Å². The molecule has 0 saturated heterocycles. The van der Waals surface area contributed by atoms with E-state index >= 15 is 0 Å². The standard InChI is InChI=1S/C18H14BrClN2O3/c1-2-25-15-9-10(7-12(19)16(15)23)8-13(20)17-21-14-6-4-3-5-11(14)18(24)22-17/h3-9,23H,2H2,1H3,(H,21,22,24). The number of aromatic nitrogens is 2. The van der Waals surface area contributed by atoms with Crippen molar-refractivity contribution in [3.8, 4) is 11.5 Å². The number of para-hydroxylation sites is 1. The molecule has 0 amide bonds. The molecule has 0 saturated carbocycles. The Kier molecular flexibility index (Phi) is 5.11. The van der Waals surface area contributed by atoms with Crippen LogP contribution < -0.4 is 10.3 Å². The van der Waals surface area contributed by atoms with Crippen LogP contribution in [0.1, 0.15) is 18.3 Å². The molecule has 0 unspecified atom stereocenters. The number of aromatic hydroxyl groups is 1. The molecular formula is C18H14BrClN2O3. The third kappa shape index (κ3) is 3.70. The van der Waals surface area contributed by atoms with Crippen LogP contribution in [-0.2, 0) is 0 Å². The quantitative estimate of drug-likeness (QED) is 0.649. The lowest BCUT2D eigenvalue weighted by Crippen LogP contribution is -2.10. The van der Waals surface area contributed by atoms with Gasteiger partial charge in [0.1, 0.15) is 0 Å². The van der Waals surface area contributed by atoms with E-state index in [2.05, 4.69) is 25.9 Å². The van der Waals surface area contributed by atoms with Gasteiger partial charge < -0.3 is 14.8 Å². The van der Waals surface area contributed by atoms with Crippen molar-refractivity contribution in [3.63, 3.8) is 0 Å². The molecule has 0 fully saturated rings. The van der Waals surface area contributed by atoms with Gasteiger partial charge in [-0.2, -0.15) is 0 Å². The lowest BCUT2D eigenvalue weighted by molar-refractivity contribution is 0.317. The lowest BCUT2D eigenvalue weighted by atomic mass is 10.2. The predicted molar refractivity (Wildman–Crippen MR) is 103 cm³/mol. The molecule has 0 aliphatic heterocycles. The van der Waals surface area contributed by atoms with Crippen molar-refractivity contribution in [2.75, 3.05) is 6.61 Å². The highest BCUT2D eigenvalue weighted by Crippen LogP contribution is 2.36. The number of ether oxygens (including phenoxy) is 1. The number of fused-ring (bicyclic) bond motifs is 1. The summed E-state index contributed by atoms with van der Waals surface area (Å²) in [6, 6.07) is 10.4. The Hall–Kier alpha value is -2.31. The summed E-state index contributed by atoms with van der Waals surface area (Å²) in [5.74, 6) is 0.632. The Morgan fingerprint density at radius 2 is 2.16 bits per heavy atom. The van der Waals surface area contributed by atoms with Crippen LogP contribution in [0, 0.1) is 0 Å². The Balaban J connectivity index is 2.06. The number of benzene rings is 2. The highest BCUT2D eigenvalue weighted by Gasteiger charge is 2.10. The van der Waals surface area contributed by atoms with Crippen LogP contribution in [0.5, 0.6) is 11.5 Å². The van der Waals surface area contributed by atoms with Crippen LogP contribution in [0.4, 0.5) is 0 Å². The van der Waals surface area contributed by atoms with E-state index in [0.717, 1.165) is 0 Å². The van der Waals surface area contributed by atoms with Crippen molar-refractivity contribution in [3.05, 3.63) is 62.6 Å². The van der Waals surface area contributed by atoms with E-state index in [1.54, 1.807) is 36.4 Å². The molecule has 7 heteroatoms. The molecule has 2 aromatic carbocycles. The number of rotatable bonds is 4. The van der Waals surface area contributed by atoms with Gasteiger partial charge in [0.15, 0.2) is 17.3 Å². The highest BCUT2D eigenvalue weighted by atomic mass is 79.9. The molecule has 0 aliphatic carbocycles. The first-order valence-electron chi connectivity index (χ1n) is 7.51. The second-order valence-electron chi connectivity index (χ2n) is 5.21. The average molecular weight is 422 g/mol. The number of phenolic OH excluding ortho intramolecular Hbond substituents is 1. The lowest BCUT2D eigenvalue weighted by Gasteiger charge is -2.09. The zero-order valence-corrected chi connectivity index (χ0v) is 15.6. The SMILES string of the molecule is CCOc1cc(C=C(Cl)c2nc3ccccc3c(=O)[nH]2)cc(Br)c1O. The number of H-pyrrole nitrogens is 1. The summed E-state index contributed by atoms with van der Waals surface area (Å²) in [5, 5.41) is 10.7. The van der Waals surface area contributed by atoms with E-state index in [1.165, 1.54) is 0 Å². The molecule has 1 aromatic heterocycles. The summed E-state index contributed by atoms with van der Waals surface area (Å²) in [6.07, 6.45) is 1.64. The van der Waals surface area contributed by atoms with Gasteiger partial charge in [-0.05, 0) is 58.8 Å². The number of hydrogen-bond acceptors (Lipinski definition) is 4. The van der Waals surface area contributed by atoms with Gasteiger partial charge in [0.25, 0.3) is 5.56 Å². The van der Waals surface area contributed by atoms with E-state index in [-0.39, 0.29) is 22.2 Å². The molecule has 0 atom stereocenters. The molecule has 3 rings (SSSR count). The monoisotopic (exact) mass is 420 g/mol. The van der Waals surface area contributed by atoms with Gasteiger partial charge in [-0.3, -0.25) is 4.79 Å². The summed E-state index contributed by atoms with van der Waals surface area (Å²) in [4.78, 5) is 19.2. The third-order valence-electron chi connectivity index (χ3n) is 3.48. The fourth-order valence-electron chi connectivity index (χ4n) is 2.36. The van der Waals surface area contributed by atoms with Gasteiger partial charge in [-0.1, -0.05) is 23.7 Å². The maximum Gasteiger partial charge on any atom is 0.259 e. The maximum atomic E-state index is 12.2. The Morgan fingerprint density at radius 1 is 1.40 bits per heavy atom. The summed E-state index contributed by atoms with van der Waals surface area (Å²) in [5.41, 5.74) is 0.998. The van der Waals surface area contributed by atoms with Crippen molar-refractivity contribution in [1.29, 1.82) is 0 Å². The van der Waals surface area contributed by atoms with Crippen LogP contribution in [0.2, 0.25) is 0 Å². The molecule has 2 N–H and O–H groups in total. The second-order valence-corrected chi connectivity index (χ2v) is 6.47. The Bertz CT molecular complexity index is 1030. The molecule has 128 valence electrons. The number of halogens is 2. The molecule has 5 nitrogen and oxygen atoms in total. The van der Waals surface area contributed by atoms with Crippen LogP contribution in [-0.4, -0.2) is 21.7 Å². The number of nitrogens with zero attached hydrogens (tertiary/aromatic N) is 1. The Morgan fingerprint density at radius 3 is 2.92 bits per heavy atom. The van der Waals surface area contributed by atoms with Crippen LogP contribution in [0.15, 0.2) is 45.7 Å². The van der Waals surface area contributed by atoms with Gasteiger partial charge in [-0.15, -0.1) is 0 Å².